The van der Waals surface area contributed by atoms with Gasteiger partial charge in [0.2, 0.25) is 0 Å². The molecule has 4 heteroatoms. The maximum Gasteiger partial charge on any atom is 0.177 e. The third-order valence-electron chi connectivity index (χ3n) is 1.89. The largest absolute Gasteiger partial charge is 0.499 e. The molecule has 13 heavy (non-hydrogen) atoms. The first-order chi connectivity index (χ1) is 6.22. The van der Waals surface area contributed by atoms with Crippen LogP contribution in [0.5, 0.6) is 5.06 Å². The molecule has 0 aliphatic rings. The van der Waals surface area contributed by atoms with Gasteiger partial charge in [-0.2, -0.15) is 0 Å². The van der Waals surface area contributed by atoms with Crippen LogP contribution in [0.15, 0.2) is 18.2 Å². The van der Waals surface area contributed by atoms with E-state index in [0.717, 1.165) is 10.1 Å². The van der Waals surface area contributed by atoms with Gasteiger partial charge in [-0.05, 0) is 18.2 Å². The fourth-order valence-corrected chi connectivity index (χ4v) is 2.37. The van der Waals surface area contributed by atoms with Gasteiger partial charge in [0, 0.05) is 20.7 Å². The molecule has 0 radical (unpaired) electrons. The topological polar surface area (TPSA) is 40.5 Å². The molecule has 0 saturated heterocycles. The second kappa shape index (κ2) is 3.18. The highest BCUT2D eigenvalue weighted by molar-refractivity contribution is 7.20. The predicted molar refractivity (Wildman–Crippen MR) is 54.4 cm³/mol. The van der Waals surface area contributed by atoms with Gasteiger partial charge < -0.3 is 10.2 Å². The molecular formula is C9H7ClO2S. The van der Waals surface area contributed by atoms with E-state index < -0.39 is 0 Å². The van der Waals surface area contributed by atoms with Gasteiger partial charge in [-0.3, -0.25) is 0 Å². The Morgan fingerprint density at radius 2 is 2.15 bits per heavy atom. The summed E-state index contributed by atoms with van der Waals surface area (Å²) in [6, 6.07) is 5.35. The Kier molecular flexibility index (Phi) is 2.15. The van der Waals surface area contributed by atoms with Crippen molar-refractivity contribution in [3.63, 3.8) is 0 Å². The standard InChI is InChI=1S/C9H7ClO2S/c10-5-1-2-8-6(3-5)7(4-11)9(12)13-8/h1-3,11-12H,4H2. The van der Waals surface area contributed by atoms with Crippen LogP contribution in [0.1, 0.15) is 5.56 Å². The first-order valence-electron chi connectivity index (χ1n) is 3.73. The van der Waals surface area contributed by atoms with Crippen molar-refractivity contribution in [3.05, 3.63) is 28.8 Å². The minimum absolute atomic E-state index is 0.161. The van der Waals surface area contributed by atoms with Crippen molar-refractivity contribution < 1.29 is 10.2 Å². The first kappa shape index (κ1) is 8.81. The number of hydrogen-bond acceptors (Lipinski definition) is 3. The number of aromatic hydroxyl groups is 1. The van der Waals surface area contributed by atoms with Gasteiger partial charge in [0.15, 0.2) is 5.06 Å². The monoisotopic (exact) mass is 214 g/mol. The molecule has 2 nitrogen and oxygen atoms in total. The maximum absolute atomic E-state index is 9.44. The van der Waals surface area contributed by atoms with E-state index in [1.165, 1.54) is 11.3 Å². The minimum atomic E-state index is -0.161. The molecule has 0 bridgehead atoms. The van der Waals surface area contributed by atoms with Crippen LogP contribution in [-0.4, -0.2) is 10.2 Å². The normalized spacial score (nSPS) is 10.9. The summed E-state index contributed by atoms with van der Waals surface area (Å²) < 4.78 is 0.936. The Morgan fingerprint density at radius 1 is 1.38 bits per heavy atom. The number of benzene rings is 1. The summed E-state index contributed by atoms with van der Waals surface area (Å²) in [5.41, 5.74) is 0.558. The molecule has 2 N–H and O–H groups in total. The van der Waals surface area contributed by atoms with Gasteiger partial charge in [-0.15, -0.1) is 0 Å². The highest BCUT2D eigenvalue weighted by Crippen LogP contribution is 2.37. The van der Waals surface area contributed by atoms with Gasteiger partial charge >= 0.3 is 0 Å². The molecule has 2 rings (SSSR count). The van der Waals surface area contributed by atoms with Crippen molar-refractivity contribution in [1.82, 2.24) is 0 Å². The zero-order chi connectivity index (χ0) is 9.42. The first-order valence-corrected chi connectivity index (χ1v) is 4.92. The number of hydrogen-bond donors (Lipinski definition) is 2. The van der Waals surface area contributed by atoms with Crippen LogP contribution in [0.25, 0.3) is 10.1 Å². The lowest BCUT2D eigenvalue weighted by atomic mass is 10.2. The zero-order valence-corrected chi connectivity index (χ0v) is 8.19. The summed E-state index contributed by atoms with van der Waals surface area (Å²) in [7, 11) is 0. The summed E-state index contributed by atoms with van der Waals surface area (Å²) in [5.74, 6) is 0. The lowest BCUT2D eigenvalue weighted by molar-refractivity contribution is 0.278. The van der Waals surface area contributed by atoms with Gasteiger partial charge in [0.1, 0.15) is 0 Å². The number of aliphatic hydroxyl groups excluding tert-OH is 1. The Hall–Kier alpha value is -0.770. The zero-order valence-electron chi connectivity index (χ0n) is 6.62. The Labute approximate surface area is 84.0 Å². The van der Waals surface area contributed by atoms with Crippen LogP contribution in [0.4, 0.5) is 0 Å². The van der Waals surface area contributed by atoms with E-state index in [1.807, 2.05) is 6.07 Å². The van der Waals surface area contributed by atoms with E-state index in [1.54, 1.807) is 12.1 Å². The van der Waals surface area contributed by atoms with Crippen LogP contribution >= 0.6 is 22.9 Å². The SMILES string of the molecule is OCc1c(O)sc2ccc(Cl)cc12. The van der Waals surface area contributed by atoms with Crippen molar-refractivity contribution in [2.75, 3.05) is 0 Å². The second-order valence-electron chi connectivity index (χ2n) is 2.68. The Bertz CT molecular complexity index is 450. The molecule has 0 atom stereocenters. The van der Waals surface area contributed by atoms with E-state index in [4.69, 9.17) is 16.7 Å². The van der Waals surface area contributed by atoms with Crippen LogP contribution in [-0.2, 0) is 6.61 Å². The molecule has 0 unspecified atom stereocenters. The van der Waals surface area contributed by atoms with Gasteiger partial charge in [-0.1, -0.05) is 22.9 Å². The predicted octanol–water partition coefficient (Wildman–Crippen LogP) is 2.75. The van der Waals surface area contributed by atoms with E-state index in [9.17, 15) is 5.11 Å². The third-order valence-corrected chi connectivity index (χ3v) is 3.14. The quantitative estimate of drug-likeness (QED) is 0.767. The fraction of sp³-hybridized carbons (Fsp3) is 0.111. The molecule has 2 aromatic rings. The minimum Gasteiger partial charge on any atom is -0.499 e. The number of halogens is 1. The smallest absolute Gasteiger partial charge is 0.177 e. The van der Waals surface area contributed by atoms with Crippen molar-refractivity contribution in [2.24, 2.45) is 0 Å². The second-order valence-corrected chi connectivity index (χ2v) is 4.15. The molecule has 0 spiro atoms. The van der Waals surface area contributed by atoms with Crippen LogP contribution < -0.4 is 0 Å². The summed E-state index contributed by atoms with van der Waals surface area (Å²) in [4.78, 5) is 0. The molecule has 0 aliphatic carbocycles. The molecule has 1 aromatic carbocycles. The van der Waals surface area contributed by atoms with Gasteiger partial charge in [-0.25, -0.2) is 0 Å². The van der Waals surface area contributed by atoms with E-state index in [2.05, 4.69) is 0 Å². The molecule has 1 heterocycles. The Morgan fingerprint density at radius 3 is 2.85 bits per heavy atom. The molecule has 0 saturated carbocycles. The third kappa shape index (κ3) is 1.39. The Balaban J connectivity index is 2.80. The number of rotatable bonds is 1. The molecular weight excluding hydrogens is 208 g/mol. The number of fused-ring (bicyclic) bond motifs is 1. The van der Waals surface area contributed by atoms with Crippen molar-refractivity contribution in [3.8, 4) is 5.06 Å². The number of aliphatic hydroxyl groups is 1. The van der Waals surface area contributed by atoms with Crippen LogP contribution in [0, 0.1) is 0 Å². The lowest BCUT2D eigenvalue weighted by Crippen LogP contribution is -1.79. The molecule has 0 aliphatic heterocycles. The summed E-state index contributed by atoms with van der Waals surface area (Å²) in [6.07, 6.45) is 0. The fourth-order valence-electron chi connectivity index (χ4n) is 1.26. The maximum atomic E-state index is 9.44. The van der Waals surface area contributed by atoms with E-state index >= 15 is 0 Å². The van der Waals surface area contributed by atoms with E-state index in [-0.39, 0.29) is 11.7 Å². The van der Waals surface area contributed by atoms with Crippen molar-refractivity contribution in [1.29, 1.82) is 0 Å². The van der Waals surface area contributed by atoms with Gasteiger partial charge in [0.05, 0.1) is 6.61 Å². The van der Waals surface area contributed by atoms with E-state index in [0.29, 0.717) is 10.6 Å². The number of thiophene rings is 1. The highest BCUT2D eigenvalue weighted by Gasteiger charge is 2.09. The average Bonchev–Trinajstić information content (AvgIpc) is 2.40. The molecule has 1 aromatic heterocycles. The van der Waals surface area contributed by atoms with Crippen molar-refractivity contribution >= 4 is 33.0 Å². The molecule has 0 amide bonds. The van der Waals surface area contributed by atoms with Crippen LogP contribution in [0.3, 0.4) is 0 Å². The van der Waals surface area contributed by atoms with Gasteiger partial charge in [0.25, 0.3) is 0 Å². The lowest BCUT2D eigenvalue weighted by Gasteiger charge is -1.94. The summed E-state index contributed by atoms with van der Waals surface area (Å²) in [6.45, 7) is -0.161. The molecule has 68 valence electrons. The van der Waals surface area contributed by atoms with Crippen molar-refractivity contribution in [2.45, 2.75) is 6.61 Å². The molecule has 0 fully saturated rings. The highest BCUT2D eigenvalue weighted by atomic mass is 35.5. The summed E-state index contributed by atoms with van der Waals surface area (Å²) in [5, 5.41) is 20.0. The summed E-state index contributed by atoms with van der Waals surface area (Å²) >= 11 is 7.05. The average molecular weight is 215 g/mol. The van der Waals surface area contributed by atoms with Crippen LogP contribution in [0.2, 0.25) is 5.02 Å².